The highest BCUT2D eigenvalue weighted by molar-refractivity contribution is 5.64. The van der Waals surface area contributed by atoms with Crippen LogP contribution in [-0.2, 0) is 11.1 Å². The Morgan fingerprint density at radius 3 is 1.72 bits per heavy atom. The van der Waals surface area contributed by atoms with E-state index in [-0.39, 0.29) is 11.1 Å². The highest BCUT2D eigenvalue weighted by atomic mass is 15.1. The molecule has 0 fully saturated rings. The maximum Gasteiger partial charge on any atom is 0.0704 e. The summed E-state index contributed by atoms with van der Waals surface area (Å²) in [5.74, 6) is 0. The average Bonchev–Trinajstić information content (AvgIpc) is 2.86. The maximum absolute atomic E-state index is 3.90. The van der Waals surface area contributed by atoms with Gasteiger partial charge < -0.3 is 0 Å². The van der Waals surface area contributed by atoms with Crippen molar-refractivity contribution in [3.8, 4) is 0 Å². The molecule has 2 heterocycles. The molecule has 2 aromatic carbocycles. The average molecular weight is 235 g/mol. The summed E-state index contributed by atoms with van der Waals surface area (Å²) in [6, 6.07) is 17.7. The minimum atomic E-state index is -0.0107. The van der Waals surface area contributed by atoms with Crippen LogP contribution in [-0.4, -0.2) is 0 Å². The molecule has 0 saturated heterocycles. The van der Waals surface area contributed by atoms with Crippen LogP contribution in [0.4, 0.5) is 0 Å². The lowest BCUT2D eigenvalue weighted by Crippen LogP contribution is -2.38. The summed E-state index contributed by atoms with van der Waals surface area (Å²) in [6.45, 7) is 4.59. The van der Waals surface area contributed by atoms with Gasteiger partial charge in [-0.25, -0.2) is 0 Å². The Morgan fingerprint density at radius 2 is 1.28 bits per heavy atom. The smallest absolute Gasteiger partial charge is 0.0704 e. The van der Waals surface area contributed by atoms with Gasteiger partial charge in [0.2, 0.25) is 0 Å². The lowest BCUT2D eigenvalue weighted by molar-refractivity contribution is 0.380. The molecule has 0 saturated carbocycles. The van der Waals surface area contributed by atoms with Gasteiger partial charge in [0.25, 0.3) is 0 Å². The predicted octanol–water partition coefficient (Wildman–Crippen LogP) is 3.52. The van der Waals surface area contributed by atoms with E-state index >= 15 is 0 Å². The number of nitrogens with one attached hydrogen (secondary N) is 1. The highest BCUT2D eigenvalue weighted by Gasteiger charge is 2.57. The third-order valence-electron chi connectivity index (χ3n) is 4.84. The molecule has 1 heteroatoms. The molecule has 18 heavy (non-hydrogen) atoms. The molecule has 0 spiro atoms. The zero-order valence-corrected chi connectivity index (χ0v) is 10.8. The molecule has 0 amide bonds. The largest absolute Gasteiger partial charge is 0.290 e. The van der Waals surface area contributed by atoms with E-state index in [0.717, 1.165) is 6.42 Å². The molecule has 0 unspecified atom stereocenters. The molecule has 0 radical (unpaired) electrons. The first-order valence-electron chi connectivity index (χ1n) is 6.72. The highest BCUT2D eigenvalue weighted by Crippen LogP contribution is 2.57. The second-order valence-corrected chi connectivity index (χ2v) is 5.60. The van der Waals surface area contributed by atoms with Gasteiger partial charge in [-0.2, -0.15) is 0 Å². The molecule has 2 aromatic rings. The third-order valence-corrected chi connectivity index (χ3v) is 4.84. The summed E-state index contributed by atoms with van der Waals surface area (Å²) < 4.78 is 0. The Morgan fingerprint density at radius 1 is 0.833 bits per heavy atom. The van der Waals surface area contributed by atoms with E-state index in [1.165, 1.54) is 22.3 Å². The zero-order chi connectivity index (χ0) is 12.4. The van der Waals surface area contributed by atoms with Gasteiger partial charge in [0.15, 0.2) is 0 Å². The van der Waals surface area contributed by atoms with Crippen LogP contribution in [0.25, 0.3) is 0 Å². The first kappa shape index (κ1) is 10.3. The van der Waals surface area contributed by atoms with E-state index in [4.69, 9.17) is 0 Å². The lowest BCUT2D eigenvalue weighted by Gasteiger charge is -2.29. The van der Waals surface area contributed by atoms with Crippen molar-refractivity contribution in [3.05, 3.63) is 70.8 Å². The predicted molar refractivity (Wildman–Crippen MR) is 73.5 cm³/mol. The van der Waals surface area contributed by atoms with Gasteiger partial charge in [-0.1, -0.05) is 55.5 Å². The Hall–Kier alpha value is -1.60. The summed E-state index contributed by atoms with van der Waals surface area (Å²) in [6.07, 6.45) is 1.09. The van der Waals surface area contributed by atoms with Crippen LogP contribution in [0.15, 0.2) is 48.5 Å². The number of benzene rings is 2. The second kappa shape index (κ2) is 3.04. The van der Waals surface area contributed by atoms with Crippen LogP contribution in [0, 0.1) is 0 Å². The zero-order valence-electron chi connectivity index (χ0n) is 10.8. The normalized spacial score (nSPS) is 31.2. The fourth-order valence-corrected chi connectivity index (χ4v) is 4.04. The molecule has 0 aromatic heterocycles. The molecule has 2 bridgehead atoms. The first-order chi connectivity index (χ1) is 8.72. The number of fused-ring (bicyclic) bond motifs is 8. The third kappa shape index (κ3) is 0.907. The fraction of sp³-hybridized carbons (Fsp3) is 0.294. The van der Waals surface area contributed by atoms with Crippen molar-refractivity contribution in [2.45, 2.75) is 31.3 Å². The maximum atomic E-state index is 3.90. The van der Waals surface area contributed by atoms with Crippen LogP contribution in [0.1, 0.15) is 42.5 Å². The van der Waals surface area contributed by atoms with E-state index in [0.29, 0.717) is 0 Å². The summed E-state index contributed by atoms with van der Waals surface area (Å²) >= 11 is 0. The minimum absolute atomic E-state index is 0.0107. The van der Waals surface area contributed by atoms with Crippen LogP contribution in [0.2, 0.25) is 0 Å². The molecular formula is C17H17N. The Labute approximate surface area is 108 Å². The molecule has 90 valence electrons. The second-order valence-electron chi connectivity index (χ2n) is 5.60. The van der Waals surface area contributed by atoms with Gasteiger partial charge in [0, 0.05) is 0 Å². The minimum Gasteiger partial charge on any atom is -0.290 e. The van der Waals surface area contributed by atoms with E-state index in [1.54, 1.807) is 0 Å². The SMILES string of the molecule is CCC12NC(C)(c3ccccc31)c1ccccc12. The van der Waals surface area contributed by atoms with E-state index in [1.807, 2.05) is 0 Å². The van der Waals surface area contributed by atoms with E-state index in [9.17, 15) is 0 Å². The molecule has 1 nitrogen and oxygen atoms in total. The van der Waals surface area contributed by atoms with Crippen molar-refractivity contribution in [2.75, 3.05) is 0 Å². The summed E-state index contributed by atoms with van der Waals surface area (Å²) in [7, 11) is 0. The van der Waals surface area contributed by atoms with Crippen LogP contribution >= 0.6 is 0 Å². The fourth-order valence-electron chi connectivity index (χ4n) is 4.04. The van der Waals surface area contributed by atoms with Crippen molar-refractivity contribution in [1.82, 2.24) is 5.32 Å². The van der Waals surface area contributed by atoms with Gasteiger partial charge >= 0.3 is 0 Å². The van der Waals surface area contributed by atoms with Crippen LogP contribution in [0.3, 0.4) is 0 Å². The topological polar surface area (TPSA) is 12.0 Å². The number of hydrogen-bond donors (Lipinski definition) is 1. The Kier molecular flexibility index (Phi) is 1.75. The van der Waals surface area contributed by atoms with Crippen molar-refractivity contribution >= 4 is 0 Å². The Balaban J connectivity index is 2.13. The summed E-state index contributed by atoms with van der Waals surface area (Å²) in [5.41, 5.74) is 5.85. The number of rotatable bonds is 1. The summed E-state index contributed by atoms with van der Waals surface area (Å²) in [5, 5.41) is 3.90. The molecule has 2 aliphatic rings. The Bertz CT molecular complexity index is 594. The van der Waals surface area contributed by atoms with Crippen molar-refractivity contribution in [3.63, 3.8) is 0 Å². The van der Waals surface area contributed by atoms with Crippen molar-refractivity contribution in [2.24, 2.45) is 0 Å². The molecule has 2 aliphatic heterocycles. The van der Waals surface area contributed by atoms with E-state index < -0.39 is 0 Å². The van der Waals surface area contributed by atoms with Crippen molar-refractivity contribution in [1.29, 1.82) is 0 Å². The first-order valence-corrected chi connectivity index (χ1v) is 6.72. The molecule has 1 N–H and O–H groups in total. The quantitative estimate of drug-likeness (QED) is 0.797. The monoisotopic (exact) mass is 235 g/mol. The van der Waals surface area contributed by atoms with Gasteiger partial charge in [-0.05, 0) is 35.6 Å². The molecular weight excluding hydrogens is 218 g/mol. The molecule has 4 rings (SSSR count). The summed E-state index contributed by atoms with van der Waals surface area (Å²) in [4.78, 5) is 0. The number of hydrogen-bond acceptors (Lipinski definition) is 1. The van der Waals surface area contributed by atoms with E-state index in [2.05, 4.69) is 67.7 Å². The molecule has 0 atom stereocenters. The van der Waals surface area contributed by atoms with Crippen LogP contribution < -0.4 is 5.32 Å². The lowest BCUT2D eigenvalue weighted by atomic mass is 9.72. The standard InChI is InChI=1S/C17H17N/c1-3-17-14-10-6-4-8-12(14)16(2,18-17)13-9-5-7-11-15(13)17/h4-11,18H,3H2,1-2H3. The van der Waals surface area contributed by atoms with Gasteiger partial charge in [0.1, 0.15) is 0 Å². The van der Waals surface area contributed by atoms with Gasteiger partial charge in [0.05, 0.1) is 11.1 Å². The van der Waals surface area contributed by atoms with Gasteiger partial charge in [-0.3, -0.25) is 5.32 Å². The molecule has 0 aliphatic carbocycles. The van der Waals surface area contributed by atoms with Crippen molar-refractivity contribution < 1.29 is 0 Å². The van der Waals surface area contributed by atoms with Crippen LogP contribution in [0.5, 0.6) is 0 Å². The van der Waals surface area contributed by atoms with Gasteiger partial charge in [-0.15, -0.1) is 0 Å².